The van der Waals surface area contributed by atoms with Crippen LogP contribution < -0.4 is 10.6 Å². The maximum absolute atomic E-state index is 13.1. The van der Waals surface area contributed by atoms with E-state index < -0.39 is 17.5 Å². The van der Waals surface area contributed by atoms with E-state index in [2.05, 4.69) is 20.6 Å². The van der Waals surface area contributed by atoms with Crippen molar-refractivity contribution in [3.63, 3.8) is 0 Å². The number of carbonyl (C=O) groups excluding carboxylic acids is 1. The quantitative estimate of drug-likeness (QED) is 0.766. The molecule has 23 heavy (non-hydrogen) atoms. The minimum absolute atomic E-state index is 0.110. The minimum Gasteiger partial charge on any atom is -0.385 e. The first-order chi connectivity index (χ1) is 11.1. The summed E-state index contributed by atoms with van der Waals surface area (Å²) < 4.78 is 30.9. The number of anilines is 2. The zero-order chi connectivity index (χ0) is 16.7. The van der Waals surface area contributed by atoms with Crippen LogP contribution in [0.1, 0.15) is 16.9 Å². The number of benzene rings is 1. The molecule has 0 atom stereocenters. The van der Waals surface area contributed by atoms with Crippen LogP contribution in [0, 0.1) is 11.6 Å². The van der Waals surface area contributed by atoms with Crippen molar-refractivity contribution in [1.29, 1.82) is 0 Å². The molecule has 6 nitrogen and oxygen atoms in total. The maximum Gasteiger partial charge on any atom is 0.274 e. The topological polar surface area (TPSA) is 76.1 Å². The predicted molar refractivity (Wildman–Crippen MR) is 81.3 cm³/mol. The Labute approximate surface area is 131 Å². The van der Waals surface area contributed by atoms with Crippen LogP contribution in [0.5, 0.6) is 0 Å². The van der Waals surface area contributed by atoms with Crippen molar-refractivity contribution in [2.45, 2.75) is 6.42 Å². The van der Waals surface area contributed by atoms with E-state index in [1.165, 1.54) is 18.5 Å². The number of methoxy groups -OCH3 is 1. The van der Waals surface area contributed by atoms with E-state index in [1.54, 1.807) is 7.11 Å². The number of hydrogen-bond donors (Lipinski definition) is 2. The lowest BCUT2D eigenvalue weighted by molar-refractivity contribution is 0.102. The van der Waals surface area contributed by atoms with E-state index in [0.717, 1.165) is 18.6 Å². The highest BCUT2D eigenvalue weighted by Gasteiger charge is 2.10. The number of nitrogens with one attached hydrogen (secondary N) is 2. The molecular formula is C15H16F2N4O2. The van der Waals surface area contributed by atoms with Gasteiger partial charge in [-0.05, 0) is 18.6 Å². The van der Waals surface area contributed by atoms with Gasteiger partial charge in [-0.2, -0.15) is 0 Å². The van der Waals surface area contributed by atoms with Crippen LogP contribution in [-0.2, 0) is 4.74 Å². The van der Waals surface area contributed by atoms with Crippen molar-refractivity contribution in [2.24, 2.45) is 0 Å². The largest absolute Gasteiger partial charge is 0.385 e. The Morgan fingerprint density at radius 2 is 2.04 bits per heavy atom. The molecule has 1 aromatic carbocycles. The molecule has 0 bridgehead atoms. The third-order valence-electron chi connectivity index (χ3n) is 2.91. The van der Waals surface area contributed by atoms with Gasteiger partial charge in [0.1, 0.15) is 17.8 Å². The van der Waals surface area contributed by atoms with Crippen LogP contribution in [0.4, 0.5) is 20.3 Å². The summed E-state index contributed by atoms with van der Waals surface area (Å²) in [5, 5.41) is 5.48. The summed E-state index contributed by atoms with van der Waals surface area (Å²) >= 11 is 0. The van der Waals surface area contributed by atoms with Crippen molar-refractivity contribution in [1.82, 2.24) is 9.97 Å². The van der Waals surface area contributed by atoms with Gasteiger partial charge in [-0.3, -0.25) is 4.79 Å². The normalized spacial score (nSPS) is 10.4. The van der Waals surface area contributed by atoms with Crippen LogP contribution in [0.2, 0.25) is 0 Å². The van der Waals surface area contributed by atoms with E-state index in [-0.39, 0.29) is 11.4 Å². The summed E-state index contributed by atoms with van der Waals surface area (Å²) in [6, 6.07) is 4.58. The molecule has 0 aliphatic carbocycles. The Morgan fingerprint density at radius 3 is 2.78 bits per heavy atom. The average molecular weight is 322 g/mol. The zero-order valence-corrected chi connectivity index (χ0v) is 12.5. The number of nitrogens with zero attached hydrogens (tertiary/aromatic N) is 2. The van der Waals surface area contributed by atoms with E-state index in [0.29, 0.717) is 19.0 Å². The minimum atomic E-state index is -1.04. The van der Waals surface area contributed by atoms with Crippen molar-refractivity contribution in [2.75, 3.05) is 30.9 Å². The lowest BCUT2D eigenvalue weighted by Crippen LogP contribution is -2.15. The first kappa shape index (κ1) is 16.8. The summed E-state index contributed by atoms with van der Waals surface area (Å²) in [5.74, 6) is -2.07. The highest BCUT2D eigenvalue weighted by molar-refractivity contribution is 6.03. The Kier molecular flexibility index (Phi) is 5.93. The van der Waals surface area contributed by atoms with Crippen LogP contribution in [0.25, 0.3) is 0 Å². The monoisotopic (exact) mass is 322 g/mol. The first-order valence-electron chi connectivity index (χ1n) is 6.91. The number of rotatable bonds is 7. The second kappa shape index (κ2) is 8.14. The van der Waals surface area contributed by atoms with E-state index in [4.69, 9.17) is 4.74 Å². The molecule has 0 aliphatic heterocycles. The number of aromatic nitrogens is 2. The number of carbonyl (C=O) groups is 1. The molecule has 122 valence electrons. The lowest BCUT2D eigenvalue weighted by Gasteiger charge is -2.08. The van der Waals surface area contributed by atoms with E-state index in [1.807, 2.05) is 0 Å². The molecule has 2 aromatic rings. The first-order valence-corrected chi connectivity index (χ1v) is 6.91. The van der Waals surface area contributed by atoms with Crippen molar-refractivity contribution in [3.8, 4) is 0 Å². The maximum atomic E-state index is 13.1. The third-order valence-corrected chi connectivity index (χ3v) is 2.91. The molecule has 0 aliphatic rings. The van der Waals surface area contributed by atoms with Gasteiger partial charge < -0.3 is 15.4 Å². The summed E-state index contributed by atoms with van der Waals surface area (Å²) in [6.45, 7) is 1.25. The standard InChI is InChI=1S/C15H16F2N4O2/c1-23-6-2-5-18-14-8-13(19-9-20-14)15(22)21-10-3-4-11(16)12(17)7-10/h3-4,7-9H,2,5-6H2,1H3,(H,21,22)(H,18,19,20). The molecule has 1 aromatic heterocycles. The average Bonchev–Trinajstić information content (AvgIpc) is 2.55. The van der Waals surface area contributed by atoms with Gasteiger partial charge in [0.25, 0.3) is 5.91 Å². The third kappa shape index (κ3) is 4.96. The molecule has 1 amide bonds. The Hall–Kier alpha value is -2.61. The van der Waals surface area contributed by atoms with Crippen LogP contribution >= 0.6 is 0 Å². The summed E-state index contributed by atoms with van der Waals surface area (Å²) in [5.41, 5.74) is 0.251. The van der Waals surface area contributed by atoms with Gasteiger partial charge in [0.05, 0.1) is 0 Å². The number of hydrogen-bond acceptors (Lipinski definition) is 5. The number of ether oxygens (including phenoxy) is 1. The van der Waals surface area contributed by atoms with Gasteiger partial charge in [-0.15, -0.1) is 0 Å². The Morgan fingerprint density at radius 1 is 1.22 bits per heavy atom. The molecule has 1 heterocycles. The second-order valence-corrected chi connectivity index (χ2v) is 4.64. The van der Waals surface area contributed by atoms with Gasteiger partial charge in [0, 0.05) is 38.1 Å². The SMILES string of the molecule is COCCCNc1cc(C(=O)Nc2ccc(F)c(F)c2)ncn1. The van der Waals surface area contributed by atoms with Crippen LogP contribution in [0.15, 0.2) is 30.6 Å². The zero-order valence-electron chi connectivity index (χ0n) is 12.5. The molecular weight excluding hydrogens is 306 g/mol. The van der Waals surface area contributed by atoms with Crippen LogP contribution in [-0.4, -0.2) is 36.1 Å². The van der Waals surface area contributed by atoms with Crippen molar-refractivity contribution >= 4 is 17.4 Å². The molecule has 0 radical (unpaired) electrons. The van der Waals surface area contributed by atoms with Crippen molar-refractivity contribution < 1.29 is 18.3 Å². The highest BCUT2D eigenvalue weighted by atomic mass is 19.2. The fourth-order valence-corrected chi connectivity index (χ4v) is 1.78. The van der Waals surface area contributed by atoms with Crippen molar-refractivity contribution in [3.05, 3.63) is 47.9 Å². The highest BCUT2D eigenvalue weighted by Crippen LogP contribution is 2.14. The molecule has 8 heteroatoms. The summed E-state index contributed by atoms with van der Waals surface area (Å²) in [7, 11) is 1.62. The van der Waals surface area contributed by atoms with Gasteiger partial charge in [0.15, 0.2) is 11.6 Å². The fraction of sp³-hybridized carbons (Fsp3) is 0.267. The molecule has 2 rings (SSSR count). The van der Waals surface area contributed by atoms with E-state index >= 15 is 0 Å². The molecule has 0 saturated carbocycles. The molecule has 0 fully saturated rings. The fourth-order valence-electron chi connectivity index (χ4n) is 1.78. The summed E-state index contributed by atoms with van der Waals surface area (Å²) in [4.78, 5) is 19.9. The van der Waals surface area contributed by atoms with Gasteiger partial charge in [-0.25, -0.2) is 18.7 Å². The second-order valence-electron chi connectivity index (χ2n) is 4.64. The van der Waals surface area contributed by atoms with Gasteiger partial charge >= 0.3 is 0 Å². The van der Waals surface area contributed by atoms with Gasteiger partial charge in [-0.1, -0.05) is 0 Å². The lowest BCUT2D eigenvalue weighted by atomic mass is 10.3. The number of amides is 1. The Balaban J connectivity index is 2.00. The molecule has 0 saturated heterocycles. The van der Waals surface area contributed by atoms with Crippen LogP contribution in [0.3, 0.4) is 0 Å². The number of halogens is 2. The molecule has 2 N–H and O–H groups in total. The summed E-state index contributed by atoms with van der Waals surface area (Å²) in [6.07, 6.45) is 2.04. The predicted octanol–water partition coefficient (Wildman–Crippen LogP) is 2.46. The molecule has 0 spiro atoms. The Bertz CT molecular complexity index is 682. The van der Waals surface area contributed by atoms with E-state index in [9.17, 15) is 13.6 Å². The molecule has 0 unspecified atom stereocenters. The van der Waals surface area contributed by atoms with Gasteiger partial charge in [0.2, 0.25) is 0 Å². The smallest absolute Gasteiger partial charge is 0.274 e.